The number of hydrogen-bond acceptors (Lipinski definition) is 2. The van der Waals surface area contributed by atoms with Gasteiger partial charge in [0.15, 0.2) is 0 Å². The lowest BCUT2D eigenvalue weighted by atomic mass is 10.1. The number of nitro groups is 1. The molecule has 0 aliphatic heterocycles. The normalized spacial score (nSPS) is 10.8. The molecule has 0 spiro atoms. The monoisotopic (exact) mass is 252 g/mol. The summed E-state index contributed by atoms with van der Waals surface area (Å²) in [5.41, 5.74) is 3.29. The van der Waals surface area contributed by atoms with Crippen LogP contribution in [-0.4, -0.2) is 9.49 Å². The maximum absolute atomic E-state index is 10.7. The van der Waals surface area contributed by atoms with Crippen molar-refractivity contribution in [3.63, 3.8) is 0 Å². The molecular formula is C15H12N2O2. The first-order valence-electron chi connectivity index (χ1n) is 5.96. The summed E-state index contributed by atoms with van der Waals surface area (Å²) in [6.07, 6.45) is 0. The summed E-state index contributed by atoms with van der Waals surface area (Å²) in [6.45, 7) is 0. The number of nitro benzene ring substituents is 1. The predicted octanol–water partition coefficient (Wildman–Crippen LogP) is 3.75. The second kappa shape index (κ2) is 4.24. The molecule has 0 fully saturated rings. The number of nitrogens with zero attached hydrogens (tertiary/aromatic N) is 2. The van der Waals surface area contributed by atoms with Crippen molar-refractivity contribution in [2.45, 2.75) is 0 Å². The fourth-order valence-electron chi connectivity index (χ4n) is 2.32. The first kappa shape index (κ1) is 11.5. The van der Waals surface area contributed by atoms with Crippen LogP contribution < -0.4 is 0 Å². The van der Waals surface area contributed by atoms with Crippen LogP contribution in [0.5, 0.6) is 0 Å². The summed E-state index contributed by atoms with van der Waals surface area (Å²) in [6, 6.07) is 16.9. The Kier molecular flexibility index (Phi) is 2.56. The Morgan fingerprint density at radius 3 is 2.37 bits per heavy atom. The van der Waals surface area contributed by atoms with Crippen LogP contribution in [0.15, 0.2) is 54.6 Å². The van der Waals surface area contributed by atoms with E-state index in [0.717, 1.165) is 16.8 Å². The highest BCUT2D eigenvalue weighted by Crippen LogP contribution is 2.28. The zero-order valence-electron chi connectivity index (χ0n) is 10.4. The molecule has 0 bridgehead atoms. The van der Waals surface area contributed by atoms with E-state index in [-0.39, 0.29) is 10.6 Å². The molecule has 4 nitrogen and oxygen atoms in total. The Balaban J connectivity index is 2.13. The van der Waals surface area contributed by atoms with E-state index in [1.54, 1.807) is 12.1 Å². The van der Waals surface area contributed by atoms with Crippen molar-refractivity contribution < 1.29 is 4.92 Å². The van der Waals surface area contributed by atoms with Crippen molar-refractivity contribution in [2.75, 3.05) is 0 Å². The molecule has 0 saturated carbocycles. The molecule has 0 unspecified atom stereocenters. The van der Waals surface area contributed by atoms with Crippen molar-refractivity contribution in [1.29, 1.82) is 0 Å². The van der Waals surface area contributed by atoms with Crippen molar-refractivity contribution in [1.82, 2.24) is 4.57 Å². The molecule has 2 aromatic carbocycles. The SMILES string of the molecule is Cn1c(-c2ccc([N+](=O)[O-])cc2)cc2ccccc21. The zero-order chi connectivity index (χ0) is 13.4. The fraction of sp³-hybridized carbons (Fsp3) is 0.0667. The topological polar surface area (TPSA) is 48.1 Å². The van der Waals surface area contributed by atoms with Gasteiger partial charge in [-0.05, 0) is 29.8 Å². The number of para-hydroxylation sites is 1. The second-order valence-corrected chi connectivity index (χ2v) is 4.45. The van der Waals surface area contributed by atoms with Gasteiger partial charge >= 0.3 is 0 Å². The van der Waals surface area contributed by atoms with E-state index in [1.807, 2.05) is 19.2 Å². The summed E-state index contributed by atoms with van der Waals surface area (Å²) < 4.78 is 2.09. The van der Waals surface area contributed by atoms with Crippen molar-refractivity contribution >= 4 is 16.6 Å². The first-order valence-corrected chi connectivity index (χ1v) is 5.96. The van der Waals surface area contributed by atoms with E-state index < -0.39 is 0 Å². The lowest BCUT2D eigenvalue weighted by molar-refractivity contribution is -0.384. The summed E-state index contributed by atoms with van der Waals surface area (Å²) >= 11 is 0. The zero-order valence-corrected chi connectivity index (χ0v) is 10.4. The number of hydrogen-bond donors (Lipinski definition) is 0. The van der Waals surface area contributed by atoms with E-state index in [0.29, 0.717) is 0 Å². The molecule has 0 amide bonds. The molecule has 94 valence electrons. The van der Waals surface area contributed by atoms with Gasteiger partial charge < -0.3 is 4.57 Å². The lowest BCUT2D eigenvalue weighted by Crippen LogP contribution is -1.92. The molecule has 19 heavy (non-hydrogen) atoms. The molecule has 1 aromatic heterocycles. The molecule has 0 aliphatic rings. The van der Waals surface area contributed by atoms with Gasteiger partial charge in [-0.25, -0.2) is 0 Å². The fourth-order valence-corrected chi connectivity index (χ4v) is 2.32. The summed E-state index contributed by atoms with van der Waals surface area (Å²) in [7, 11) is 2.00. The quantitative estimate of drug-likeness (QED) is 0.515. The van der Waals surface area contributed by atoms with Gasteiger partial charge in [0, 0.05) is 35.8 Å². The van der Waals surface area contributed by atoms with Crippen LogP contribution in [0.1, 0.15) is 0 Å². The molecule has 0 atom stereocenters. The number of non-ortho nitro benzene ring substituents is 1. The van der Waals surface area contributed by atoms with Crippen molar-refractivity contribution in [2.24, 2.45) is 7.05 Å². The van der Waals surface area contributed by atoms with Crippen LogP contribution in [0.25, 0.3) is 22.2 Å². The molecule has 0 saturated heterocycles. The molecule has 0 aliphatic carbocycles. The largest absolute Gasteiger partial charge is 0.344 e. The third-order valence-corrected chi connectivity index (χ3v) is 3.33. The molecular weight excluding hydrogens is 240 g/mol. The molecule has 0 N–H and O–H groups in total. The summed E-state index contributed by atoms with van der Waals surface area (Å²) in [5.74, 6) is 0. The van der Waals surface area contributed by atoms with Crippen LogP contribution in [0, 0.1) is 10.1 Å². The predicted molar refractivity (Wildman–Crippen MR) is 75.0 cm³/mol. The third kappa shape index (κ3) is 1.87. The third-order valence-electron chi connectivity index (χ3n) is 3.33. The van der Waals surface area contributed by atoms with Crippen molar-refractivity contribution in [3.05, 3.63) is 64.7 Å². The van der Waals surface area contributed by atoms with Gasteiger partial charge in [-0.2, -0.15) is 0 Å². The van der Waals surface area contributed by atoms with Gasteiger partial charge in [0.25, 0.3) is 5.69 Å². The number of aromatic nitrogens is 1. The Hall–Kier alpha value is -2.62. The van der Waals surface area contributed by atoms with Crippen molar-refractivity contribution in [3.8, 4) is 11.3 Å². The van der Waals surface area contributed by atoms with Crippen LogP contribution in [0.3, 0.4) is 0 Å². The van der Waals surface area contributed by atoms with Crippen LogP contribution in [-0.2, 0) is 7.05 Å². The number of aryl methyl sites for hydroxylation is 1. The van der Waals surface area contributed by atoms with Crippen LogP contribution >= 0.6 is 0 Å². The van der Waals surface area contributed by atoms with Gasteiger partial charge in [-0.15, -0.1) is 0 Å². The lowest BCUT2D eigenvalue weighted by Gasteiger charge is -2.04. The first-order chi connectivity index (χ1) is 9.16. The summed E-state index contributed by atoms with van der Waals surface area (Å²) in [5, 5.41) is 11.8. The highest BCUT2D eigenvalue weighted by atomic mass is 16.6. The molecule has 3 aromatic rings. The van der Waals surface area contributed by atoms with Gasteiger partial charge in [0.1, 0.15) is 0 Å². The maximum atomic E-state index is 10.7. The minimum absolute atomic E-state index is 0.113. The second-order valence-electron chi connectivity index (χ2n) is 4.45. The smallest absolute Gasteiger partial charge is 0.269 e. The van der Waals surface area contributed by atoms with Gasteiger partial charge in [0.2, 0.25) is 0 Å². The maximum Gasteiger partial charge on any atom is 0.269 e. The van der Waals surface area contributed by atoms with Gasteiger partial charge in [-0.1, -0.05) is 18.2 Å². The molecule has 4 heteroatoms. The Labute approximate surface area is 110 Å². The van der Waals surface area contributed by atoms with Crippen LogP contribution in [0.4, 0.5) is 5.69 Å². The Bertz CT molecular complexity index is 757. The Morgan fingerprint density at radius 1 is 1.05 bits per heavy atom. The minimum Gasteiger partial charge on any atom is -0.344 e. The standard InChI is InChI=1S/C15H12N2O2/c1-16-14-5-3-2-4-12(14)10-15(16)11-6-8-13(9-7-11)17(18)19/h2-10H,1H3. The molecule has 3 rings (SSSR count). The van der Waals surface area contributed by atoms with Gasteiger partial charge in [0.05, 0.1) is 4.92 Å². The van der Waals surface area contributed by atoms with E-state index >= 15 is 0 Å². The average Bonchev–Trinajstić information content (AvgIpc) is 2.77. The number of rotatable bonds is 2. The highest BCUT2D eigenvalue weighted by molar-refractivity contribution is 5.86. The molecule has 1 heterocycles. The number of fused-ring (bicyclic) bond motifs is 1. The van der Waals surface area contributed by atoms with Gasteiger partial charge in [-0.3, -0.25) is 10.1 Å². The van der Waals surface area contributed by atoms with E-state index in [2.05, 4.69) is 22.8 Å². The highest BCUT2D eigenvalue weighted by Gasteiger charge is 2.09. The number of benzene rings is 2. The van der Waals surface area contributed by atoms with Crippen LogP contribution in [0.2, 0.25) is 0 Å². The molecule has 0 radical (unpaired) electrons. The van der Waals surface area contributed by atoms with E-state index in [4.69, 9.17) is 0 Å². The Morgan fingerprint density at radius 2 is 1.74 bits per heavy atom. The summed E-state index contributed by atoms with van der Waals surface area (Å²) in [4.78, 5) is 10.3. The average molecular weight is 252 g/mol. The van der Waals surface area contributed by atoms with E-state index in [1.165, 1.54) is 17.5 Å². The minimum atomic E-state index is -0.384. The van der Waals surface area contributed by atoms with E-state index in [9.17, 15) is 10.1 Å².